The van der Waals surface area contributed by atoms with Gasteiger partial charge in [-0.25, -0.2) is 4.98 Å². The molecule has 3 heterocycles. The van der Waals surface area contributed by atoms with Crippen molar-refractivity contribution in [3.05, 3.63) is 60.5 Å². The Bertz CT molecular complexity index is 839. The number of ether oxygens (including phenoxy) is 1. The molecular weight excluding hydrogens is 312 g/mol. The first kappa shape index (κ1) is 17.2. The van der Waals surface area contributed by atoms with Gasteiger partial charge in [-0.3, -0.25) is 0 Å². The third kappa shape index (κ3) is 3.72. The quantitative estimate of drug-likeness (QED) is 0.780. The Balaban J connectivity index is 2.13. The molecule has 130 valence electrons. The minimum absolute atomic E-state index is 0.729. The molecule has 1 aliphatic rings. The van der Waals surface area contributed by atoms with E-state index in [0.29, 0.717) is 0 Å². The van der Waals surface area contributed by atoms with E-state index in [2.05, 4.69) is 28.6 Å². The Morgan fingerprint density at radius 2 is 2.00 bits per heavy atom. The molecule has 3 rings (SSSR count). The molecule has 2 aromatic rings. The molecule has 0 spiro atoms. The first-order valence-electron chi connectivity index (χ1n) is 8.59. The summed E-state index contributed by atoms with van der Waals surface area (Å²) in [6.45, 7) is 11.0. The van der Waals surface area contributed by atoms with Crippen molar-refractivity contribution in [1.82, 2.24) is 14.6 Å². The number of allylic oxidation sites excluding steroid dienone is 6. The normalized spacial score (nSPS) is 16.4. The van der Waals surface area contributed by atoms with E-state index in [1.807, 2.05) is 48.7 Å². The Kier molecular flexibility index (Phi) is 5.46. The lowest BCUT2D eigenvalue weighted by Gasteiger charge is -2.29. The van der Waals surface area contributed by atoms with E-state index >= 15 is 0 Å². The average Bonchev–Trinajstić information content (AvgIpc) is 3.08. The molecule has 1 aliphatic heterocycles. The van der Waals surface area contributed by atoms with Crippen LogP contribution in [0.15, 0.2) is 49.1 Å². The minimum atomic E-state index is 0.729. The molecule has 0 unspecified atom stereocenters. The van der Waals surface area contributed by atoms with Crippen LogP contribution in [0, 0.1) is 0 Å². The third-order valence-corrected chi connectivity index (χ3v) is 4.08. The second-order valence-corrected chi connectivity index (χ2v) is 5.79. The highest BCUT2D eigenvalue weighted by atomic mass is 16.5. The standard InChI is InChI=1S/C20H24N4O/c1-4-7-9-16(8-5-2)18-15-19-21-17(6-3)14-20(24(19)22-18)23-10-12-25-13-11-23/h4-9,14-15H,3,10-13H2,1-2H3/b7-4+,8-5-,16-9+. The molecular formula is C20H24N4O. The molecule has 1 saturated heterocycles. The maximum absolute atomic E-state index is 5.48. The molecule has 5 nitrogen and oxygen atoms in total. The first-order chi connectivity index (χ1) is 12.3. The molecule has 0 saturated carbocycles. The number of morpholine rings is 1. The lowest BCUT2D eigenvalue weighted by Crippen LogP contribution is -2.37. The maximum Gasteiger partial charge on any atom is 0.158 e. The maximum atomic E-state index is 5.48. The number of hydrogen-bond donors (Lipinski definition) is 0. The lowest BCUT2D eigenvalue weighted by atomic mass is 10.1. The monoisotopic (exact) mass is 336 g/mol. The van der Waals surface area contributed by atoms with E-state index in [9.17, 15) is 0 Å². The van der Waals surface area contributed by atoms with Crippen LogP contribution in [-0.2, 0) is 4.74 Å². The minimum Gasteiger partial charge on any atom is -0.378 e. The van der Waals surface area contributed by atoms with Crippen LogP contribution >= 0.6 is 0 Å². The Morgan fingerprint density at radius 3 is 2.68 bits per heavy atom. The van der Waals surface area contributed by atoms with Crippen molar-refractivity contribution in [3.8, 4) is 0 Å². The van der Waals surface area contributed by atoms with E-state index < -0.39 is 0 Å². The van der Waals surface area contributed by atoms with Crippen molar-refractivity contribution in [3.63, 3.8) is 0 Å². The SMILES string of the molecule is C=Cc1cc(N2CCOCC2)n2nc(C(/C=C\C)=C/C=C/C)cc2n1. The van der Waals surface area contributed by atoms with Gasteiger partial charge in [0, 0.05) is 30.8 Å². The van der Waals surface area contributed by atoms with Crippen LogP contribution in [0.4, 0.5) is 5.82 Å². The second-order valence-electron chi connectivity index (χ2n) is 5.79. The van der Waals surface area contributed by atoms with Crippen LogP contribution in [0.3, 0.4) is 0 Å². The van der Waals surface area contributed by atoms with Crippen molar-refractivity contribution in [2.75, 3.05) is 31.2 Å². The molecule has 0 aliphatic carbocycles. The largest absolute Gasteiger partial charge is 0.378 e. The van der Waals surface area contributed by atoms with E-state index in [-0.39, 0.29) is 0 Å². The summed E-state index contributed by atoms with van der Waals surface area (Å²) in [5.74, 6) is 1.03. The van der Waals surface area contributed by atoms with Gasteiger partial charge in [-0.1, -0.05) is 37.0 Å². The van der Waals surface area contributed by atoms with Crippen molar-refractivity contribution in [2.24, 2.45) is 0 Å². The number of nitrogens with zero attached hydrogens (tertiary/aromatic N) is 4. The zero-order valence-corrected chi connectivity index (χ0v) is 14.9. The van der Waals surface area contributed by atoms with E-state index in [1.165, 1.54) is 0 Å². The highest BCUT2D eigenvalue weighted by Crippen LogP contribution is 2.23. The Morgan fingerprint density at radius 1 is 1.20 bits per heavy atom. The smallest absolute Gasteiger partial charge is 0.158 e. The first-order valence-corrected chi connectivity index (χ1v) is 8.59. The fourth-order valence-corrected chi connectivity index (χ4v) is 2.85. The highest BCUT2D eigenvalue weighted by Gasteiger charge is 2.17. The summed E-state index contributed by atoms with van der Waals surface area (Å²) in [5.41, 5.74) is 3.63. The molecule has 2 aromatic heterocycles. The topological polar surface area (TPSA) is 42.7 Å². The van der Waals surface area contributed by atoms with Gasteiger partial charge in [0.25, 0.3) is 0 Å². The predicted octanol–water partition coefficient (Wildman–Crippen LogP) is 3.74. The van der Waals surface area contributed by atoms with Gasteiger partial charge in [0.15, 0.2) is 5.65 Å². The van der Waals surface area contributed by atoms with Crippen molar-refractivity contribution >= 4 is 23.1 Å². The van der Waals surface area contributed by atoms with Gasteiger partial charge in [0.2, 0.25) is 0 Å². The summed E-state index contributed by atoms with van der Waals surface area (Å²) in [5, 5.41) is 4.82. The summed E-state index contributed by atoms with van der Waals surface area (Å²) in [6.07, 6.45) is 11.9. The van der Waals surface area contributed by atoms with Gasteiger partial charge in [-0.05, 0) is 19.9 Å². The second kappa shape index (κ2) is 7.94. The molecule has 0 N–H and O–H groups in total. The van der Waals surface area contributed by atoms with Crippen LogP contribution in [0.25, 0.3) is 17.3 Å². The number of hydrogen-bond acceptors (Lipinski definition) is 4. The van der Waals surface area contributed by atoms with E-state index in [0.717, 1.165) is 54.7 Å². The average molecular weight is 336 g/mol. The molecule has 0 bridgehead atoms. The van der Waals surface area contributed by atoms with Gasteiger partial charge < -0.3 is 9.64 Å². The summed E-state index contributed by atoms with van der Waals surface area (Å²) in [6, 6.07) is 4.05. The van der Waals surface area contributed by atoms with Crippen LogP contribution < -0.4 is 4.90 Å². The van der Waals surface area contributed by atoms with Gasteiger partial charge in [0.1, 0.15) is 5.82 Å². The zero-order chi connectivity index (χ0) is 17.6. The molecule has 0 atom stereocenters. The lowest BCUT2D eigenvalue weighted by molar-refractivity contribution is 0.122. The molecule has 0 radical (unpaired) electrons. The number of fused-ring (bicyclic) bond motifs is 1. The van der Waals surface area contributed by atoms with Gasteiger partial charge >= 0.3 is 0 Å². The fraction of sp³-hybridized carbons (Fsp3) is 0.300. The zero-order valence-electron chi connectivity index (χ0n) is 14.9. The number of rotatable bonds is 5. The fourth-order valence-electron chi connectivity index (χ4n) is 2.85. The van der Waals surface area contributed by atoms with Gasteiger partial charge in [-0.15, -0.1) is 0 Å². The number of anilines is 1. The Hall–Kier alpha value is -2.66. The van der Waals surface area contributed by atoms with Crippen LogP contribution in [0.2, 0.25) is 0 Å². The van der Waals surface area contributed by atoms with Crippen molar-refractivity contribution < 1.29 is 4.74 Å². The molecule has 25 heavy (non-hydrogen) atoms. The summed E-state index contributed by atoms with van der Waals surface area (Å²) in [7, 11) is 0. The summed E-state index contributed by atoms with van der Waals surface area (Å²) < 4.78 is 7.39. The van der Waals surface area contributed by atoms with Crippen LogP contribution in [0.5, 0.6) is 0 Å². The van der Waals surface area contributed by atoms with E-state index in [4.69, 9.17) is 9.84 Å². The third-order valence-electron chi connectivity index (χ3n) is 4.08. The van der Waals surface area contributed by atoms with Gasteiger partial charge in [-0.2, -0.15) is 9.61 Å². The Labute approximate surface area is 148 Å². The highest BCUT2D eigenvalue weighted by molar-refractivity contribution is 5.75. The summed E-state index contributed by atoms with van der Waals surface area (Å²) in [4.78, 5) is 6.93. The summed E-state index contributed by atoms with van der Waals surface area (Å²) >= 11 is 0. The van der Waals surface area contributed by atoms with Crippen LogP contribution in [0.1, 0.15) is 25.2 Å². The van der Waals surface area contributed by atoms with Crippen molar-refractivity contribution in [1.29, 1.82) is 0 Å². The van der Waals surface area contributed by atoms with Crippen molar-refractivity contribution in [2.45, 2.75) is 13.8 Å². The predicted molar refractivity (Wildman–Crippen MR) is 104 cm³/mol. The van der Waals surface area contributed by atoms with Crippen LogP contribution in [-0.4, -0.2) is 40.9 Å². The molecule has 0 amide bonds. The molecule has 0 aromatic carbocycles. The number of aromatic nitrogens is 3. The van der Waals surface area contributed by atoms with Gasteiger partial charge in [0.05, 0.1) is 24.6 Å². The molecule has 5 heteroatoms. The van der Waals surface area contributed by atoms with E-state index in [1.54, 1.807) is 6.08 Å². The molecule has 1 fully saturated rings.